The molecule has 12 heteroatoms. The van der Waals surface area contributed by atoms with E-state index in [4.69, 9.17) is 14.2 Å². The molecule has 0 aliphatic carbocycles. The van der Waals surface area contributed by atoms with E-state index in [1.807, 2.05) is 12.1 Å². The Balaban J connectivity index is 1.37. The van der Waals surface area contributed by atoms with Crippen molar-refractivity contribution in [1.82, 2.24) is 15.1 Å². The van der Waals surface area contributed by atoms with Crippen molar-refractivity contribution >= 4 is 34.0 Å². The number of nitrogens with zero attached hydrogens (tertiary/aromatic N) is 3. The number of aromatic amines is 1. The normalized spacial score (nSPS) is 14.6. The van der Waals surface area contributed by atoms with Crippen molar-refractivity contribution < 1.29 is 27.8 Å². The van der Waals surface area contributed by atoms with Crippen LogP contribution in [0.25, 0.3) is 10.9 Å². The van der Waals surface area contributed by atoms with Gasteiger partial charge in [-0.2, -0.15) is 5.10 Å². The molecule has 5 rings (SSSR count). The summed E-state index contributed by atoms with van der Waals surface area (Å²) in [7, 11) is 5.26. The standard InChI is InChI=1S/C30H34F2N6O4/c1-37-8-10-38(11-9-37)22-4-6-24(27(15-22)33-28(41-3)18-40-2)30(39)34-29-25-16-23(5-7-26(25)35-36-29)42-17-19-12-20(31)14-21(32)13-19/h4-7,12-16,28,33H,8-11,17-18H2,1-3H3,(H2,34,35,36,39). The van der Waals surface area contributed by atoms with Gasteiger partial charge in [-0.05, 0) is 61.1 Å². The number of piperazine rings is 1. The van der Waals surface area contributed by atoms with Crippen molar-refractivity contribution in [1.29, 1.82) is 0 Å². The molecule has 10 nitrogen and oxygen atoms in total. The maximum atomic E-state index is 13.6. The zero-order chi connectivity index (χ0) is 29.6. The van der Waals surface area contributed by atoms with Gasteiger partial charge in [-0.15, -0.1) is 0 Å². The van der Waals surface area contributed by atoms with Crippen molar-refractivity contribution in [3.05, 3.63) is 77.4 Å². The van der Waals surface area contributed by atoms with Gasteiger partial charge in [0.15, 0.2) is 12.0 Å². The lowest BCUT2D eigenvalue weighted by Crippen LogP contribution is -2.44. The van der Waals surface area contributed by atoms with Crippen LogP contribution >= 0.6 is 0 Å². The topological polar surface area (TPSA) is 104 Å². The Hall–Kier alpha value is -4.26. The van der Waals surface area contributed by atoms with E-state index in [0.29, 0.717) is 39.3 Å². The molecule has 1 amide bonds. The number of ether oxygens (including phenoxy) is 3. The number of anilines is 3. The third-order valence-electron chi connectivity index (χ3n) is 7.13. The molecular weight excluding hydrogens is 546 g/mol. The molecular formula is C30H34F2N6O4. The van der Waals surface area contributed by atoms with E-state index in [9.17, 15) is 13.6 Å². The molecule has 1 saturated heterocycles. The average molecular weight is 581 g/mol. The highest BCUT2D eigenvalue weighted by Crippen LogP contribution is 2.29. The SMILES string of the molecule is COCC(Nc1cc(N2CCN(C)CC2)ccc1C(=O)Nc1n[nH]c2ccc(OCc3cc(F)cc(F)c3)cc12)OC. The van der Waals surface area contributed by atoms with Crippen LogP contribution in [-0.2, 0) is 16.1 Å². The van der Waals surface area contributed by atoms with Gasteiger partial charge in [-0.3, -0.25) is 9.89 Å². The lowest BCUT2D eigenvalue weighted by atomic mass is 10.1. The molecule has 1 atom stereocenters. The minimum absolute atomic E-state index is 0.0312. The maximum absolute atomic E-state index is 13.6. The highest BCUT2D eigenvalue weighted by atomic mass is 19.1. The summed E-state index contributed by atoms with van der Waals surface area (Å²) in [5.41, 5.74) is 3.04. The van der Waals surface area contributed by atoms with Crippen LogP contribution in [0.3, 0.4) is 0 Å². The van der Waals surface area contributed by atoms with E-state index in [1.54, 1.807) is 38.5 Å². The number of aromatic nitrogens is 2. The summed E-state index contributed by atoms with van der Waals surface area (Å²) in [4.78, 5) is 18.2. The summed E-state index contributed by atoms with van der Waals surface area (Å²) in [6.07, 6.45) is -0.471. The highest BCUT2D eigenvalue weighted by Gasteiger charge is 2.21. The van der Waals surface area contributed by atoms with Gasteiger partial charge >= 0.3 is 0 Å². The van der Waals surface area contributed by atoms with E-state index in [2.05, 4.69) is 37.7 Å². The predicted molar refractivity (Wildman–Crippen MR) is 157 cm³/mol. The van der Waals surface area contributed by atoms with Gasteiger partial charge in [-0.25, -0.2) is 8.78 Å². The molecule has 1 unspecified atom stereocenters. The van der Waals surface area contributed by atoms with Gasteiger partial charge < -0.3 is 34.6 Å². The fraction of sp³-hybridized carbons (Fsp3) is 0.333. The first kappa shape index (κ1) is 29.2. The van der Waals surface area contributed by atoms with Crippen molar-refractivity contribution in [3.8, 4) is 5.75 Å². The Bertz CT molecular complexity index is 1520. The number of hydrogen-bond acceptors (Lipinski definition) is 8. The fourth-order valence-electron chi connectivity index (χ4n) is 4.82. The lowest BCUT2D eigenvalue weighted by molar-refractivity contribution is 0.0456. The minimum atomic E-state index is -0.673. The van der Waals surface area contributed by atoms with Crippen LogP contribution in [0, 0.1) is 11.6 Å². The van der Waals surface area contributed by atoms with Gasteiger partial charge in [0.1, 0.15) is 24.0 Å². The first-order valence-electron chi connectivity index (χ1n) is 13.6. The molecule has 1 aliphatic heterocycles. The highest BCUT2D eigenvalue weighted by molar-refractivity contribution is 6.11. The third-order valence-corrected chi connectivity index (χ3v) is 7.13. The van der Waals surface area contributed by atoms with Crippen LogP contribution < -0.4 is 20.3 Å². The number of benzene rings is 3. The Morgan fingerprint density at radius 2 is 1.79 bits per heavy atom. The molecule has 0 spiro atoms. The molecule has 4 aromatic rings. The van der Waals surface area contributed by atoms with E-state index < -0.39 is 17.9 Å². The van der Waals surface area contributed by atoms with Gasteiger partial charge in [0.2, 0.25) is 0 Å². The van der Waals surface area contributed by atoms with Crippen LogP contribution in [0.2, 0.25) is 0 Å². The summed E-state index contributed by atoms with van der Waals surface area (Å²) in [5.74, 6) is -0.955. The second-order valence-corrected chi connectivity index (χ2v) is 10.1. The van der Waals surface area contributed by atoms with E-state index >= 15 is 0 Å². The number of carbonyl (C=O) groups is 1. The maximum Gasteiger partial charge on any atom is 0.258 e. The summed E-state index contributed by atoms with van der Waals surface area (Å²) in [6.45, 7) is 3.91. The molecule has 3 aromatic carbocycles. The van der Waals surface area contributed by atoms with E-state index in [0.717, 1.165) is 37.9 Å². The zero-order valence-electron chi connectivity index (χ0n) is 23.7. The number of carbonyl (C=O) groups excluding carboxylic acids is 1. The number of nitrogens with one attached hydrogen (secondary N) is 3. The number of likely N-dealkylation sites (N-methyl/N-ethyl adjacent to an activating group) is 1. The van der Waals surface area contributed by atoms with Crippen LogP contribution in [0.1, 0.15) is 15.9 Å². The van der Waals surface area contributed by atoms with Crippen LogP contribution in [-0.4, -0.2) is 81.3 Å². The molecule has 42 heavy (non-hydrogen) atoms. The van der Waals surface area contributed by atoms with Crippen molar-refractivity contribution in [3.63, 3.8) is 0 Å². The number of hydrogen-bond donors (Lipinski definition) is 3. The van der Waals surface area contributed by atoms with Crippen molar-refractivity contribution in [2.75, 3.05) is 69.6 Å². The van der Waals surface area contributed by atoms with Gasteiger partial charge in [0.25, 0.3) is 5.91 Å². The van der Waals surface area contributed by atoms with Crippen LogP contribution in [0.5, 0.6) is 5.75 Å². The summed E-state index contributed by atoms with van der Waals surface area (Å²) in [6, 6.07) is 14.1. The predicted octanol–water partition coefficient (Wildman–Crippen LogP) is 4.46. The second-order valence-electron chi connectivity index (χ2n) is 10.1. The minimum Gasteiger partial charge on any atom is -0.489 e. The average Bonchev–Trinajstić information content (AvgIpc) is 3.37. The third kappa shape index (κ3) is 6.96. The van der Waals surface area contributed by atoms with Gasteiger partial charge in [0.05, 0.1) is 23.4 Å². The molecule has 0 saturated carbocycles. The zero-order valence-corrected chi connectivity index (χ0v) is 23.7. The van der Waals surface area contributed by atoms with Crippen LogP contribution in [0.4, 0.5) is 26.0 Å². The van der Waals surface area contributed by atoms with Crippen LogP contribution in [0.15, 0.2) is 54.6 Å². The number of halogens is 2. The Labute approximate surface area is 242 Å². The molecule has 222 valence electrons. The molecule has 1 aromatic heterocycles. The molecule has 3 N–H and O–H groups in total. The smallest absolute Gasteiger partial charge is 0.258 e. The fourth-order valence-corrected chi connectivity index (χ4v) is 4.82. The molecule has 0 bridgehead atoms. The first-order chi connectivity index (χ1) is 20.3. The number of rotatable bonds is 11. The molecule has 0 radical (unpaired) electrons. The largest absolute Gasteiger partial charge is 0.489 e. The Morgan fingerprint density at radius 1 is 1.02 bits per heavy atom. The first-order valence-corrected chi connectivity index (χ1v) is 13.6. The Morgan fingerprint density at radius 3 is 2.50 bits per heavy atom. The summed E-state index contributed by atoms with van der Waals surface area (Å²) >= 11 is 0. The number of methoxy groups -OCH3 is 2. The van der Waals surface area contributed by atoms with Gasteiger partial charge in [0, 0.05) is 57.5 Å². The van der Waals surface area contributed by atoms with E-state index in [-0.39, 0.29) is 19.1 Å². The second kappa shape index (κ2) is 13.1. The monoisotopic (exact) mass is 580 g/mol. The lowest BCUT2D eigenvalue weighted by Gasteiger charge is -2.34. The van der Waals surface area contributed by atoms with Crippen molar-refractivity contribution in [2.24, 2.45) is 0 Å². The quantitative estimate of drug-likeness (QED) is 0.224. The molecule has 1 fully saturated rings. The van der Waals surface area contributed by atoms with E-state index in [1.165, 1.54) is 12.1 Å². The Kier molecular flexibility index (Phi) is 9.15. The number of H-pyrrole nitrogens is 1. The number of fused-ring (bicyclic) bond motifs is 1. The number of amides is 1. The van der Waals surface area contributed by atoms with Crippen molar-refractivity contribution in [2.45, 2.75) is 12.8 Å². The van der Waals surface area contributed by atoms with Gasteiger partial charge in [-0.1, -0.05) is 0 Å². The summed E-state index contributed by atoms with van der Waals surface area (Å²) in [5, 5.41) is 14.0. The molecule has 2 heterocycles. The summed E-state index contributed by atoms with van der Waals surface area (Å²) < 4.78 is 43.6. The molecule has 1 aliphatic rings.